The highest BCUT2D eigenvalue weighted by Gasteiger charge is 1.99. The van der Waals surface area contributed by atoms with Crippen LogP contribution in [0.25, 0.3) is 0 Å². The van der Waals surface area contributed by atoms with E-state index in [-0.39, 0.29) is 5.82 Å². The summed E-state index contributed by atoms with van der Waals surface area (Å²) in [5.41, 5.74) is 6.67. The minimum Gasteiger partial charge on any atom is -0.489 e. The Morgan fingerprint density at radius 1 is 1.06 bits per heavy atom. The average Bonchev–Trinajstić information content (AvgIpc) is 2.27. The molecule has 0 amide bonds. The van der Waals surface area contributed by atoms with Crippen molar-refractivity contribution in [3.05, 3.63) is 59.9 Å². The lowest BCUT2D eigenvalue weighted by Crippen LogP contribution is -1.97. The van der Waals surface area contributed by atoms with Crippen molar-refractivity contribution in [2.75, 3.05) is 5.73 Å². The summed E-state index contributed by atoms with van der Waals surface area (Å²) < 4.78 is 18.5. The number of benzene rings is 2. The van der Waals surface area contributed by atoms with Gasteiger partial charge >= 0.3 is 0 Å². The lowest BCUT2D eigenvalue weighted by Gasteiger charge is -2.06. The molecule has 2 N–H and O–H groups in total. The molecule has 2 aromatic rings. The molecule has 0 aliphatic heterocycles. The third kappa shape index (κ3) is 2.73. The molecule has 82 valence electrons. The van der Waals surface area contributed by atoms with E-state index in [9.17, 15) is 4.39 Å². The minimum atomic E-state index is -0.341. The van der Waals surface area contributed by atoms with Crippen LogP contribution in [-0.4, -0.2) is 0 Å². The van der Waals surface area contributed by atoms with Crippen molar-refractivity contribution < 1.29 is 9.13 Å². The second-order valence-corrected chi connectivity index (χ2v) is 3.49. The molecule has 0 fully saturated rings. The first-order valence-corrected chi connectivity index (χ1v) is 4.97. The Bertz CT molecular complexity index is 450. The summed E-state index contributed by atoms with van der Waals surface area (Å²) in [5, 5.41) is 0. The average molecular weight is 217 g/mol. The van der Waals surface area contributed by atoms with Crippen molar-refractivity contribution in [3.8, 4) is 5.75 Å². The Hall–Kier alpha value is -2.03. The van der Waals surface area contributed by atoms with Crippen molar-refractivity contribution in [3.63, 3.8) is 0 Å². The van der Waals surface area contributed by atoms with E-state index in [0.717, 1.165) is 11.3 Å². The van der Waals surface area contributed by atoms with Gasteiger partial charge in [-0.1, -0.05) is 18.2 Å². The monoisotopic (exact) mass is 217 g/mol. The maximum absolute atomic E-state index is 13.0. The van der Waals surface area contributed by atoms with Crippen LogP contribution in [0, 0.1) is 5.82 Å². The quantitative estimate of drug-likeness (QED) is 0.802. The van der Waals surface area contributed by atoms with Gasteiger partial charge in [0, 0.05) is 5.69 Å². The van der Waals surface area contributed by atoms with E-state index in [1.54, 1.807) is 6.07 Å². The van der Waals surface area contributed by atoms with Crippen molar-refractivity contribution in [2.24, 2.45) is 0 Å². The Balaban J connectivity index is 2.05. The molecule has 0 aromatic heterocycles. The fourth-order valence-electron chi connectivity index (χ4n) is 1.44. The first-order valence-electron chi connectivity index (χ1n) is 4.97. The van der Waals surface area contributed by atoms with Crippen LogP contribution in [0.5, 0.6) is 5.75 Å². The first kappa shape index (κ1) is 10.5. The van der Waals surface area contributed by atoms with Crippen molar-refractivity contribution in [2.45, 2.75) is 6.61 Å². The molecule has 0 aliphatic rings. The summed E-state index contributed by atoms with van der Waals surface area (Å²) in [7, 11) is 0. The van der Waals surface area contributed by atoms with Gasteiger partial charge in [-0.3, -0.25) is 0 Å². The Morgan fingerprint density at radius 3 is 2.50 bits per heavy atom. The SMILES string of the molecule is Nc1cc(F)cc(COc2ccccc2)c1. The number of nitrogen functional groups attached to an aromatic ring is 1. The zero-order valence-corrected chi connectivity index (χ0v) is 8.69. The number of para-hydroxylation sites is 1. The normalized spacial score (nSPS) is 10.1. The van der Waals surface area contributed by atoms with Crippen molar-refractivity contribution in [1.82, 2.24) is 0 Å². The van der Waals surface area contributed by atoms with Crippen LogP contribution in [0.1, 0.15) is 5.56 Å². The van der Waals surface area contributed by atoms with Crippen LogP contribution in [0.3, 0.4) is 0 Å². The molecule has 3 heteroatoms. The molecule has 2 rings (SSSR count). The smallest absolute Gasteiger partial charge is 0.125 e. The highest BCUT2D eigenvalue weighted by Crippen LogP contribution is 2.14. The number of halogens is 1. The molecular weight excluding hydrogens is 205 g/mol. The number of hydrogen-bond acceptors (Lipinski definition) is 2. The third-order valence-corrected chi connectivity index (χ3v) is 2.13. The zero-order chi connectivity index (χ0) is 11.4. The molecular formula is C13H12FNO. The number of ether oxygens (including phenoxy) is 1. The van der Waals surface area contributed by atoms with E-state index in [4.69, 9.17) is 10.5 Å². The van der Waals surface area contributed by atoms with Gasteiger partial charge in [-0.2, -0.15) is 0 Å². The second kappa shape index (κ2) is 4.66. The highest BCUT2D eigenvalue weighted by atomic mass is 19.1. The van der Waals surface area contributed by atoms with E-state index in [0.29, 0.717) is 12.3 Å². The molecule has 0 saturated heterocycles. The first-order chi connectivity index (χ1) is 7.74. The number of anilines is 1. The lowest BCUT2D eigenvalue weighted by atomic mass is 10.2. The van der Waals surface area contributed by atoms with Crippen LogP contribution in [0.2, 0.25) is 0 Å². The molecule has 0 radical (unpaired) electrons. The zero-order valence-electron chi connectivity index (χ0n) is 8.69. The molecule has 0 bridgehead atoms. The van der Waals surface area contributed by atoms with Crippen molar-refractivity contribution in [1.29, 1.82) is 0 Å². The lowest BCUT2D eigenvalue weighted by molar-refractivity contribution is 0.305. The predicted octanol–water partition coefficient (Wildman–Crippen LogP) is 2.99. The summed E-state index contributed by atoms with van der Waals surface area (Å²) >= 11 is 0. The molecule has 2 nitrogen and oxygen atoms in total. The van der Waals surface area contributed by atoms with E-state index in [1.165, 1.54) is 12.1 Å². The Labute approximate surface area is 93.5 Å². The fraction of sp³-hybridized carbons (Fsp3) is 0.0769. The summed E-state index contributed by atoms with van der Waals surface area (Å²) in [6.45, 7) is 0.311. The summed E-state index contributed by atoms with van der Waals surface area (Å²) in [6.07, 6.45) is 0. The van der Waals surface area contributed by atoms with Crippen LogP contribution >= 0.6 is 0 Å². The van der Waals surface area contributed by atoms with Gasteiger partial charge in [0.1, 0.15) is 18.2 Å². The molecule has 0 aliphatic carbocycles. The van der Waals surface area contributed by atoms with Gasteiger partial charge in [-0.05, 0) is 35.9 Å². The number of rotatable bonds is 3. The largest absolute Gasteiger partial charge is 0.489 e. The van der Waals surface area contributed by atoms with E-state index in [2.05, 4.69) is 0 Å². The maximum Gasteiger partial charge on any atom is 0.125 e. The fourth-order valence-corrected chi connectivity index (χ4v) is 1.44. The number of nitrogens with two attached hydrogens (primary N) is 1. The van der Waals surface area contributed by atoms with Crippen LogP contribution < -0.4 is 10.5 Å². The highest BCUT2D eigenvalue weighted by molar-refractivity contribution is 5.41. The standard InChI is InChI=1S/C13H12FNO/c14-11-6-10(7-12(15)8-11)9-16-13-4-2-1-3-5-13/h1-8H,9,15H2. The third-order valence-electron chi connectivity index (χ3n) is 2.13. The van der Waals surface area contributed by atoms with Gasteiger partial charge < -0.3 is 10.5 Å². The molecule has 0 atom stereocenters. The van der Waals surface area contributed by atoms with E-state index in [1.807, 2.05) is 30.3 Å². The van der Waals surface area contributed by atoms with Crippen LogP contribution in [0.15, 0.2) is 48.5 Å². The van der Waals surface area contributed by atoms with Gasteiger partial charge in [-0.25, -0.2) is 4.39 Å². The molecule has 0 saturated carbocycles. The second-order valence-electron chi connectivity index (χ2n) is 3.49. The summed E-state index contributed by atoms with van der Waals surface area (Å²) in [5.74, 6) is 0.414. The van der Waals surface area contributed by atoms with Gasteiger partial charge in [0.2, 0.25) is 0 Å². The van der Waals surface area contributed by atoms with Gasteiger partial charge in [-0.15, -0.1) is 0 Å². The Morgan fingerprint density at radius 2 is 1.81 bits per heavy atom. The summed E-state index contributed by atoms with van der Waals surface area (Å²) in [4.78, 5) is 0. The molecule has 0 unspecified atom stereocenters. The number of hydrogen-bond donors (Lipinski definition) is 1. The van der Waals surface area contributed by atoms with Crippen LogP contribution in [-0.2, 0) is 6.61 Å². The molecule has 16 heavy (non-hydrogen) atoms. The minimum absolute atomic E-state index is 0.311. The van der Waals surface area contributed by atoms with Gasteiger partial charge in [0.15, 0.2) is 0 Å². The topological polar surface area (TPSA) is 35.2 Å². The van der Waals surface area contributed by atoms with E-state index >= 15 is 0 Å². The molecule has 0 spiro atoms. The maximum atomic E-state index is 13.0. The molecule has 0 heterocycles. The predicted molar refractivity (Wildman–Crippen MR) is 61.6 cm³/mol. The van der Waals surface area contributed by atoms with Gasteiger partial charge in [0.05, 0.1) is 0 Å². The van der Waals surface area contributed by atoms with Gasteiger partial charge in [0.25, 0.3) is 0 Å². The molecule has 2 aromatic carbocycles. The van der Waals surface area contributed by atoms with Crippen LogP contribution in [0.4, 0.5) is 10.1 Å². The summed E-state index contributed by atoms with van der Waals surface area (Å²) in [6, 6.07) is 13.8. The van der Waals surface area contributed by atoms with Crippen molar-refractivity contribution >= 4 is 5.69 Å². The Kier molecular flexibility index (Phi) is 3.05. The van der Waals surface area contributed by atoms with E-state index < -0.39 is 0 Å².